The molecule has 0 aliphatic carbocycles. The first kappa shape index (κ1) is 56.6. The molecule has 6 heteroatoms. The summed E-state index contributed by atoms with van der Waals surface area (Å²) < 4.78 is 105. The van der Waals surface area contributed by atoms with Crippen molar-refractivity contribution in [3.8, 4) is 73.5 Å². The van der Waals surface area contributed by atoms with Gasteiger partial charge in [-0.1, -0.05) is 288 Å². The molecule has 0 radical (unpaired) electrons. The van der Waals surface area contributed by atoms with Crippen molar-refractivity contribution in [2.45, 2.75) is 157 Å². The highest BCUT2D eigenvalue weighted by atomic mass is 15.2. The molecule has 0 saturated carbocycles. The minimum absolute atomic E-state index is 0.159. The molecule has 0 N–H and O–H groups in total. The van der Waals surface area contributed by atoms with Gasteiger partial charge in [0.05, 0.1) is 54.7 Å². The molecule has 2 aliphatic heterocycles. The molecule has 3 heterocycles. The Bertz CT molecular complexity index is 6250. The van der Waals surface area contributed by atoms with Gasteiger partial charge in [0.1, 0.15) is 6.07 Å². The zero-order chi connectivity index (χ0) is 83.1. The predicted molar refractivity (Wildman–Crippen MR) is 444 cm³/mol. The fourth-order valence-corrected chi connectivity index (χ4v) is 14.9. The molecule has 0 bridgehead atoms. The molecule has 0 spiro atoms. The average Bonchev–Trinajstić information content (AvgIpc) is 0.972. The summed E-state index contributed by atoms with van der Waals surface area (Å²) in [6.45, 7) is 39.9. The number of aromatic nitrogens is 1. The molecule has 13 aromatic rings. The third-order valence-corrected chi connectivity index (χ3v) is 21.0. The molecule has 0 amide bonds. The molecule has 0 unspecified atom stereocenters. The van der Waals surface area contributed by atoms with Crippen molar-refractivity contribution in [1.82, 2.24) is 4.57 Å². The number of anilines is 6. The first-order chi connectivity index (χ1) is 53.8. The van der Waals surface area contributed by atoms with Gasteiger partial charge < -0.3 is 14.4 Å². The molecule has 0 saturated heterocycles. The van der Waals surface area contributed by atoms with E-state index < -0.39 is 95.3 Å². The number of hydrogen-bond acceptors (Lipinski definition) is 4. The Morgan fingerprint density at radius 2 is 0.808 bits per heavy atom. The Hall–Kier alpha value is -10.9. The van der Waals surface area contributed by atoms with Crippen LogP contribution in [0.1, 0.15) is 184 Å². The predicted octanol–water partition coefficient (Wildman–Crippen LogP) is 24.7. The summed E-state index contributed by atoms with van der Waals surface area (Å²) in [4.78, 5) is 4.70. The van der Waals surface area contributed by atoms with Crippen LogP contribution in [-0.4, -0.2) is 11.3 Å². The lowest BCUT2D eigenvalue weighted by Crippen LogP contribution is -2.61. The van der Waals surface area contributed by atoms with Crippen molar-refractivity contribution in [2.75, 3.05) is 9.80 Å². The van der Waals surface area contributed by atoms with Gasteiger partial charge in [-0.2, -0.15) is 10.5 Å². The largest absolute Gasteiger partial charge is 0.310 e. The number of fused-ring (bicyclic) bond motifs is 7. The normalized spacial score (nSPS) is 14.7. The van der Waals surface area contributed by atoms with Gasteiger partial charge >= 0.3 is 0 Å². The third kappa shape index (κ3) is 12.2. The van der Waals surface area contributed by atoms with Crippen LogP contribution < -0.4 is 26.2 Å². The van der Waals surface area contributed by atoms with Crippen LogP contribution in [0.25, 0.3) is 83.1 Å². The number of benzene rings is 12. The molecule has 514 valence electrons. The van der Waals surface area contributed by atoms with Gasteiger partial charge in [0.15, 0.2) is 0 Å². The maximum Gasteiger partial charge on any atom is 0.252 e. The van der Waals surface area contributed by atoms with Gasteiger partial charge in [0.2, 0.25) is 0 Å². The van der Waals surface area contributed by atoms with E-state index in [9.17, 15) is 21.5 Å². The van der Waals surface area contributed by atoms with Gasteiger partial charge in [-0.15, -0.1) is 0 Å². The lowest BCUT2D eigenvalue weighted by atomic mass is 9.33. The van der Waals surface area contributed by atoms with E-state index in [1.807, 2.05) is 6.07 Å². The highest BCUT2D eigenvalue weighted by molar-refractivity contribution is 7.00. The summed E-state index contributed by atoms with van der Waals surface area (Å²) in [5.41, 5.74) is 19.2. The van der Waals surface area contributed by atoms with E-state index in [1.54, 1.807) is 18.2 Å². The number of hydrogen-bond donors (Lipinski definition) is 0. The average molecular weight is 1360 g/mol. The molecule has 5 nitrogen and oxygen atoms in total. The maximum absolute atomic E-state index is 12.1. The summed E-state index contributed by atoms with van der Waals surface area (Å²) >= 11 is 0. The molecule has 1 aromatic heterocycles. The molecule has 12 aromatic carbocycles. The van der Waals surface area contributed by atoms with Gasteiger partial charge in [0.25, 0.3) is 6.71 Å². The Balaban J connectivity index is 1.14. The molecule has 0 fully saturated rings. The van der Waals surface area contributed by atoms with Crippen molar-refractivity contribution < 1.29 is 15.1 Å². The van der Waals surface area contributed by atoms with Crippen LogP contribution in [0, 0.1) is 22.7 Å². The van der Waals surface area contributed by atoms with Crippen molar-refractivity contribution in [3.05, 3.63) is 287 Å². The second-order valence-corrected chi connectivity index (χ2v) is 34.5. The van der Waals surface area contributed by atoms with E-state index in [0.717, 1.165) is 112 Å². The topological polar surface area (TPSA) is 59.0 Å². The second-order valence-electron chi connectivity index (χ2n) is 34.5. The molecule has 0 atom stereocenters. The van der Waals surface area contributed by atoms with Crippen molar-refractivity contribution in [1.29, 1.82) is 10.5 Å². The monoisotopic (exact) mass is 1360 g/mol. The minimum atomic E-state index is -0.723. The van der Waals surface area contributed by atoms with Crippen molar-refractivity contribution >= 4 is 79.0 Å². The zero-order valence-corrected chi connectivity index (χ0v) is 63.1. The van der Waals surface area contributed by atoms with Crippen LogP contribution in [0.3, 0.4) is 0 Å². The van der Waals surface area contributed by atoms with Crippen LogP contribution in [0.2, 0.25) is 0 Å². The van der Waals surface area contributed by atoms with E-state index in [2.05, 4.69) is 298 Å². The van der Waals surface area contributed by atoms with Crippen molar-refractivity contribution in [3.63, 3.8) is 0 Å². The summed E-state index contributed by atoms with van der Waals surface area (Å²) in [7, 11) is 0. The molecule has 104 heavy (non-hydrogen) atoms. The SMILES string of the molecule is [2H]c1c([2H])c([2H])c(-c2c([2H])c([2H])c3c4c([2H])c(C#N)c([2H])c([2H])c4n(-c4ccc(C#N)c(N5c6cc(-c7cc(C(C)(C)C)cc(C(C)(C)C)c7)ccc6B6c7ccc(-c8cc(C(C)(C)C)cc(C(C)(C)C)c8)cc7N(c7c(-c8ccccc8)cc(C(C)(C)C)cc7-c7ccccc7)c7cc(C(C)(C)C)cc5c76)c4)c3c2[2H])c([2H])c1[2H]. The fourth-order valence-electron chi connectivity index (χ4n) is 14.9. The van der Waals surface area contributed by atoms with Gasteiger partial charge in [0, 0.05) is 50.3 Å². The second kappa shape index (κ2) is 24.9. The van der Waals surface area contributed by atoms with Crippen LogP contribution in [0.15, 0.2) is 242 Å². The number of nitrogens with zero attached hydrogens (tertiary/aromatic N) is 5. The standard InChI is InChI=1S/C98H94BN5/c1-93(2,3)71-45-69(46-72(52-71)94(4,5)6)66-37-41-82-87(50-66)103(85-58-77(39-35-68(85)60-101)102-84-43-34-61(59-100)44-81(84)78-40-36-65(49-86(78)102)62-28-22-19-23-29-62)89-56-76(98(16,17)18)57-90-91(89)99(82)83-42-38-67(70-47-73(95(7,8)9)53-74(48-70)96(10,11)12)51-88(83)104(90)92-79(63-30-24-20-25-31-63)54-75(97(13,14)15)55-80(92)64-32-26-21-27-33-64/h19-58H,1-18H3/i19D,22D,23D,28D,29D,34D,36D,40D,43D,44D,49D. The molecular formula is C98H94BN5. The summed E-state index contributed by atoms with van der Waals surface area (Å²) in [6.07, 6.45) is 0. The van der Waals surface area contributed by atoms with E-state index >= 15 is 0 Å². The van der Waals surface area contributed by atoms with Crippen LogP contribution in [-0.2, 0) is 32.5 Å². The zero-order valence-electron chi connectivity index (χ0n) is 74.1. The summed E-state index contributed by atoms with van der Waals surface area (Å²) in [6, 6.07) is 60.9. The van der Waals surface area contributed by atoms with E-state index in [4.69, 9.17) is 4.11 Å². The minimum Gasteiger partial charge on any atom is -0.310 e. The van der Waals surface area contributed by atoms with Gasteiger partial charge in [-0.3, -0.25) is 0 Å². The number of rotatable bonds is 8. The molecule has 2 aliphatic rings. The molecule has 15 rings (SSSR count). The smallest absolute Gasteiger partial charge is 0.252 e. The summed E-state index contributed by atoms with van der Waals surface area (Å²) in [5.74, 6) is 0. The molecular weight excluding hydrogens is 1260 g/mol. The Morgan fingerprint density at radius 1 is 0.337 bits per heavy atom. The Kier molecular flexibility index (Phi) is 13.6. The lowest BCUT2D eigenvalue weighted by molar-refractivity contribution is 0.568. The van der Waals surface area contributed by atoms with Crippen LogP contribution in [0.4, 0.5) is 34.1 Å². The van der Waals surface area contributed by atoms with E-state index in [-0.39, 0.29) is 60.1 Å². The van der Waals surface area contributed by atoms with Crippen LogP contribution in [0.5, 0.6) is 0 Å². The number of nitriles is 2. The highest BCUT2D eigenvalue weighted by Gasteiger charge is 2.46. The quantitative estimate of drug-likeness (QED) is 0.142. The van der Waals surface area contributed by atoms with Gasteiger partial charge in [-0.25, -0.2) is 0 Å². The maximum atomic E-state index is 12.1. The van der Waals surface area contributed by atoms with E-state index in [0.29, 0.717) is 5.69 Å². The first-order valence-electron chi connectivity index (χ1n) is 41.6. The Morgan fingerprint density at radius 3 is 1.29 bits per heavy atom. The first-order valence-corrected chi connectivity index (χ1v) is 36.1. The van der Waals surface area contributed by atoms with E-state index in [1.165, 1.54) is 15.7 Å². The summed E-state index contributed by atoms with van der Waals surface area (Å²) in [5, 5.41) is 22.5. The Labute approximate surface area is 633 Å². The van der Waals surface area contributed by atoms with Crippen molar-refractivity contribution in [2.24, 2.45) is 0 Å². The van der Waals surface area contributed by atoms with Gasteiger partial charge in [-0.05, 0) is 206 Å². The van der Waals surface area contributed by atoms with Crippen LogP contribution >= 0.6 is 0 Å². The lowest BCUT2D eigenvalue weighted by Gasteiger charge is -2.46. The highest BCUT2D eigenvalue weighted by Crippen LogP contribution is 2.54. The third-order valence-electron chi connectivity index (χ3n) is 21.0. The fraction of sp³-hybridized carbons (Fsp3) is 0.245.